The third-order valence-electron chi connectivity index (χ3n) is 2.30. The van der Waals surface area contributed by atoms with E-state index in [1.54, 1.807) is 6.08 Å². The van der Waals surface area contributed by atoms with Crippen LogP contribution in [0, 0.1) is 0 Å². The predicted octanol–water partition coefficient (Wildman–Crippen LogP) is 2.67. The molecular formula is C10H16N2. The van der Waals surface area contributed by atoms with Gasteiger partial charge in [0.15, 0.2) is 0 Å². The molecule has 0 saturated carbocycles. The Labute approximate surface area is 73.9 Å². The van der Waals surface area contributed by atoms with Crippen molar-refractivity contribution >= 4 is 6.08 Å². The first kappa shape index (κ1) is 9.04. The lowest BCUT2D eigenvalue weighted by atomic mass is 10.0. The van der Waals surface area contributed by atoms with E-state index in [1.165, 1.54) is 0 Å². The summed E-state index contributed by atoms with van der Waals surface area (Å²) in [5.41, 5.74) is 1.05. The maximum absolute atomic E-state index is 4.37. The predicted molar refractivity (Wildman–Crippen MR) is 51.9 cm³/mol. The van der Waals surface area contributed by atoms with Crippen LogP contribution >= 0.6 is 0 Å². The molecule has 0 N–H and O–H groups in total. The summed E-state index contributed by atoms with van der Waals surface area (Å²) >= 11 is 0. The van der Waals surface area contributed by atoms with Crippen molar-refractivity contribution in [1.29, 1.82) is 0 Å². The molecule has 2 nitrogen and oxygen atoms in total. The molecule has 0 bridgehead atoms. The van der Waals surface area contributed by atoms with E-state index in [4.69, 9.17) is 0 Å². The van der Waals surface area contributed by atoms with Crippen LogP contribution in [-0.4, -0.2) is 9.78 Å². The van der Waals surface area contributed by atoms with E-state index in [0.29, 0.717) is 0 Å². The average Bonchev–Trinajstić information content (AvgIpc) is 2.52. The lowest BCUT2D eigenvalue weighted by Crippen LogP contribution is -2.25. The topological polar surface area (TPSA) is 17.8 Å². The van der Waals surface area contributed by atoms with E-state index in [0.717, 1.165) is 12.1 Å². The van der Waals surface area contributed by atoms with Gasteiger partial charge in [0.2, 0.25) is 0 Å². The van der Waals surface area contributed by atoms with E-state index in [1.807, 2.05) is 16.9 Å². The van der Waals surface area contributed by atoms with E-state index in [2.05, 4.69) is 32.4 Å². The lowest BCUT2D eigenvalue weighted by molar-refractivity contribution is 0.307. The minimum atomic E-state index is 0.112. The number of hydrogen-bond donors (Lipinski definition) is 0. The van der Waals surface area contributed by atoms with Gasteiger partial charge in [0, 0.05) is 6.20 Å². The highest BCUT2D eigenvalue weighted by atomic mass is 15.3. The fraction of sp³-hybridized carbons (Fsp3) is 0.500. The van der Waals surface area contributed by atoms with Crippen molar-refractivity contribution < 1.29 is 0 Å². The van der Waals surface area contributed by atoms with Crippen LogP contribution in [0.3, 0.4) is 0 Å². The van der Waals surface area contributed by atoms with Gasteiger partial charge in [-0.05, 0) is 32.4 Å². The molecule has 0 aliphatic rings. The zero-order chi connectivity index (χ0) is 9.19. The number of nitrogens with zero attached hydrogens (tertiary/aromatic N) is 2. The summed E-state index contributed by atoms with van der Waals surface area (Å²) < 4.78 is 1.99. The Morgan fingerprint density at radius 3 is 2.75 bits per heavy atom. The molecule has 0 saturated heterocycles. The normalized spacial score (nSPS) is 11.6. The van der Waals surface area contributed by atoms with Crippen LogP contribution in [0.5, 0.6) is 0 Å². The average molecular weight is 164 g/mol. The Hall–Kier alpha value is -1.05. The van der Waals surface area contributed by atoms with E-state index < -0.39 is 0 Å². The monoisotopic (exact) mass is 164 g/mol. The van der Waals surface area contributed by atoms with Gasteiger partial charge in [-0.1, -0.05) is 13.5 Å². The third-order valence-corrected chi connectivity index (χ3v) is 2.30. The van der Waals surface area contributed by atoms with Gasteiger partial charge in [0.05, 0.1) is 11.2 Å². The van der Waals surface area contributed by atoms with Gasteiger partial charge in [-0.15, -0.1) is 0 Å². The standard InChI is InChI=1S/C10H16N2/c1-5-9-7-8-12(11-9)10(3,4)6-2/h5,7-8H,1,6H2,2-4H3. The third kappa shape index (κ3) is 1.58. The fourth-order valence-electron chi connectivity index (χ4n) is 0.946. The largest absolute Gasteiger partial charge is 0.267 e. The Balaban J connectivity index is 2.95. The van der Waals surface area contributed by atoms with Gasteiger partial charge in [0.25, 0.3) is 0 Å². The summed E-state index contributed by atoms with van der Waals surface area (Å²) in [6, 6.07) is 1.98. The van der Waals surface area contributed by atoms with Crippen LogP contribution in [0.25, 0.3) is 6.08 Å². The number of rotatable bonds is 3. The molecule has 0 atom stereocenters. The molecule has 1 aromatic rings. The highest BCUT2D eigenvalue weighted by Gasteiger charge is 2.17. The van der Waals surface area contributed by atoms with Gasteiger partial charge in [-0.2, -0.15) is 5.10 Å². The molecule has 1 rings (SSSR count). The van der Waals surface area contributed by atoms with E-state index >= 15 is 0 Å². The highest BCUT2D eigenvalue weighted by Crippen LogP contribution is 2.18. The van der Waals surface area contributed by atoms with Gasteiger partial charge < -0.3 is 0 Å². The molecule has 2 heteroatoms. The molecule has 0 aliphatic carbocycles. The molecule has 0 radical (unpaired) electrons. The molecule has 1 aromatic heterocycles. The molecule has 1 heterocycles. The maximum Gasteiger partial charge on any atom is 0.0845 e. The minimum absolute atomic E-state index is 0.112. The molecule has 0 amide bonds. The lowest BCUT2D eigenvalue weighted by Gasteiger charge is -2.23. The van der Waals surface area contributed by atoms with Crippen LogP contribution in [0.4, 0.5) is 0 Å². The van der Waals surface area contributed by atoms with Crippen LogP contribution in [0.2, 0.25) is 0 Å². The van der Waals surface area contributed by atoms with Crippen LogP contribution < -0.4 is 0 Å². The summed E-state index contributed by atoms with van der Waals surface area (Å²) in [6.45, 7) is 10.2. The summed E-state index contributed by atoms with van der Waals surface area (Å²) in [7, 11) is 0. The van der Waals surface area contributed by atoms with E-state index in [-0.39, 0.29) is 5.54 Å². The summed E-state index contributed by atoms with van der Waals surface area (Å²) in [5, 5.41) is 4.37. The first-order chi connectivity index (χ1) is 5.60. The Morgan fingerprint density at radius 1 is 1.67 bits per heavy atom. The van der Waals surface area contributed by atoms with Crippen molar-refractivity contribution in [2.75, 3.05) is 0 Å². The Kier molecular flexibility index (Phi) is 2.36. The highest BCUT2D eigenvalue weighted by molar-refractivity contribution is 5.39. The maximum atomic E-state index is 4.37. The second kappa shape index (κ2) is 3.13. The molecule has 66 valence electrons. The van der Waals surface area contributed by atoms with Crippen LogP contribution in [0.15, 0.2) is 18.8 Å². The molecular weight excluding hydrogens is 148 g/mol. The number of aromatic nitrogens is 2. The van der Waals surface area contributed by atoms with Crippen molar-refractivity contribution in [3.63, 3.8) is 0 Å². The summed E-state index contributed by atoms with van der Waals surface area (Å²) in [4.78, 5) is 0. The van der Waals surface area contributed by atoms with Gasteiger partial charge >= 0.3 is 0 Å². The van der Waals surface area contributed by atoms with Crippen LogP contribution in [-0.2, 0) is 5.54 Å². The second-order valence-corrected chi connectivity index (χ2v) is 3.56. The molecule has 0 fully saturated rings. The molecule has 0 aliphatic heterocycles. The zero-order valence-electron chi connectivity index (χ0n) is 8.04. The molecule has 0 unspecified atom stereocenters. The Morgan fingerprint density at radius 2 is 2.33 bits per heavy atom. The molecule has 0 aromatic carbocycles. The first-order valence-corrected chi connectivity index (χ1v) is 4.29. The van der Waals surface area contributed by atoms with Crippen LogP contribution in [0.1, 0.15) is 32.9 Å². The van der Waals surface area contributed by atoms with Gasteiger partial charge in [-0.25, -0.2) is 0 Å². The number of hydrogen-bond acceptors (Lipinski definition) is 1. The smallest absolute Gasteiger partial charge is 0.0845 e. The quantitative estimate of drug-likeness (QED) is 0.671. The van der Waals surface area contributed by atoms with Gasteiger partial charge in [0.1, 0.15) is 0 Å². The fourth-order valence-corrected chi connectivity index (χ4v) is 0.946. The van der Waals surface area contributed by atoms with E-state index in [9.17, 15) is 0 Å². The van der Waals surface area contributed by atoms with Gasteiger partial charge in [-0.3, -0.25) is 4.68 Å². The molecule has 12 heavy (non-hydrogen) atoms. The first-order valence-electron chi connectivity index (χ1n) is 4.29. The van der Waals surface area contributed by atoms with Crippen molar-refractivity contribution in [2.45, 2.75) is 32.7 Å². The van der Waals surface area contributed by atoms with Crippen molar-refractivity contribution in [2.24, 2.45) is 0 Å². The zero-order valence-corrected chi connectivity index (χ0v) is 8.04. The Bertz CT molecular complexity index is 271. The SMILES string of the molecule is C=Cc1ccn(C(C)(C)CC)n1. The van der Waals surface area contributed by atoms with Crippen molar-refractivity contribution in [1.82, 2.24) is 9.78 Å². The summed E-state index contributed by atoms with van der Waals surface area (Å²) in [5.74, 6) is 0. The van der Waals surface area contributed by atoms with Crippen molar-refractivity contribution in [3.8, 4) is 0 Å². The minimum Gasteiger partial charge on any atom is -0.267 e. The molecule has 0 spiro atoms. The van der Waals surface area contributed by atoms with Crippen molar-refractivity contribution in [3.05, 3.63) is 24.5 Å². The summed E-state index contributed by atoms with van der Waals surface area (Å²) in [6.07, 6.45) is 4.84. The second-order valence-electron chi connectivity index (χ2n) is 3.56.